The van der Waals surface area contributed by atoms with Crippen molar-refractivity contribution in [3.05, 3.63) is 46.7 Å². The van der Waals surface area contributed by atoms with E-state index in [1.54, 1.807) is 11.8 Å². The lowest BCUT2D eigenvalue weighted by Gasteiger charge is -2.20. The maximum Gasteiger partial charge on any atom is 0.192 e. The van der Waals surface area contributed by atoms with Crippen molar-refractivity contribution in [2.75, 3.05) is 0 Å². The molecule has 0 bridgehead atoms. The van der Waals surface area contributed by atoms with Gasteiger partial charge < -0.3 is 5.32 Å². The molecule has 3 nitrogen and oxygen atoms in total. The molecule has 106 valence electrons. The first-order valence-electron chi connectivity index (χ1n) is 6.42. The molecule has 1 aromatic heterocycles. The second-order valence-electron chi connectivity index (χ2n) is 5.53. The van der Waals surface area contributed by atoms with E-state index in [9.17, 15) is 0 Å². The first kappa shape index (κ1) is 15.5. The molecule has 0 saturated heterocycles. The standard InChI is InChI=1S/C15H18BrN3S/c1-15(2,3)19-10-11-8-17-14(18-9-11)20-13-6-4-12(16)5-7-13/h4-9,19H,10H2,1-3H3. The molecule has 0 aliphatic rings. The lowest BCUT2D eigenvalue weighted by molar-refractivity contribution is 0.423. The second kappa shape index (κ2) is 6.70. The zero-order valence-electron chi connectivity index (χ0n) is 11.9. The van der Waals surface area contributed by atoms with Crippen LogP contribution >= 0.6 is 27.7 Å². The Bertz CT molecular complexity index is 547. The molecule has 0 unspecified atom stereocenters. The number of nitrogens with zero attached hydrogens (tertiary/aromatic N) is 2. The number of hydrogen-bond donors (Lipinski definition) is 1. The van der Waals surface area contributed by atoms with E-state index in [1.807, 2.05) is 36.7 Å². The average molecular weight is 352 g/mol. The summed E-state index contributed by atoms with van der Waals surface area (Å²) in [6, 6.07) is 8.13. The van der Waals surface area contributed by atoms with Crippen LogP contribution in [-0.2, 0) is 6.54 Å². The van der Waals surface area contributed by atoms with Crippen LogP contribution in [0.3, 0.4) is 0 Å². The van der Waals surface area contributed by atoms with E-state index in [0.717, 1.165) is 26.6 Å². The summed E-state index contributed by atoms with van der Waals surface area (Å²) in [6.45, 7) is 7.22. The van der Waals surface area contributed by atoms with Gasteiger partial charge in [-0.25, -0.2) is 9.97 Å². The minimum atomic E-state index is 0.102. The molecule has 1 aromatic carbocycles. The van der Waals surface area contributed by atoms with Crippen molar-refractivity contribution in [3.63, 3.8) is 0 Å². The van der Waals surface area contributed by atoms with E-state index in [4.69, 9.17) is 0 Å². The normalized spacial score (nSPS) is 11.6. The third kappa shape index (κ3) is 5.23. The molecule has 20 heavy (non-hydrogen) atoms. The van der Waals surface area contributed by atoms with Crippen LogP contribution in [0, 0.1) is 0 Å². The fourth-order valence-corrected chi connectivity index (χ4v) is 2.42. The van der Waals surface area contributed by atoms with E-state index in [-0.39, 0.29) is 5.54 Å². The highest BCUT2D eigenvalue weighted by atomic mass is 79.9. The molecule has 2 rings (SSSR count). The highest BCUT2D eigenvalue weighted by Gasteiger charge is 2.08. The summed E-state index contributed by atoms with van der Waals surface area (Å²) in [5, 5.41) is 4.19. The molecule has 0 saturated carbocycles. The topological polar surface area (TPSA) is 37.8 Å². The average Bonchev–Trinajstić information content (AvgIpc) is 2.40. The maximum atomic E-state index is 4.40. The van der Waals surface area contributed by atoms with Gasteiger partial charge in [-0.2, -0.15) is 0 Å². The van der Waals surface area contributed by atoms with Crippen molar-refractivity contribution < 1.29 is 0 Å². The van der Waals surface area contributed by atoms with Crippen molar-refractivity contribution in [2.24, 2.45) is 0 Å². The summed E-state index contributed by atoms with van der Waals surface area (Å²) in [6.07, 6.45) is 3.76. The minimum Gasteiger partial charge on any atom is -0.308 e. The molecule has 0 spiro atoms. The quantitative estimate of drug-likeness (QED) is 0.834. The molecule has 0 aliphatic heterocycles. The molecule has 5 heteroatoms. The van der Waals surface area contributed by atoms with Gasteiger partial charge in [-0.05, 0) is 56.8 Å². The van der Waals surface area contributed by atoms with Crippen LogP contribution < -0.4 is 5.32 Å². The Balaban J connectivity index is 1.96. The smallest absolute Gasteiger partial charge is 0.192 e. The van der Waals surface area contributed by atoms with Crippen molar-refractivity contribution in [3.8, 4) is 0 Å². The number of hydrogen-bond acceptors (Lipinski definition) is 4. The molecule has 0 fully saturated rings. The third-order valence-electron chi connectivity index (χ3n) is 2.53. The Morgan fingerprint density at radius 3 is 2.25 bits per heavy atom. The Kier molecular flexibility index (Phi) is 5.18. The van der Waals surface area contributed by atoms with E-state index < -0.39 is 0 Å². The van der Waals surface area contributed by atoms with Gasteiger partial charge in [0, 0.05) is 39.4 Å². The number of aromatic nitrogens is 2. The Hall–Kier alpha value is -0.910. The van der Waals surface area contributed by atoms with Gasteiger partial charge in [-0.3, -0.25) is 0 Å². The van der Waals surface area contributed by atoms with E-state index in [2.05, 4.69) is 52.0 Å². The van der Waals surface area contributed by atoms with Gasteiger partial charge in [0.05, 0.1) is 0 Å². The van der Waals surface area contributed by atoms with Gasteiger partial charge in [0.15, 0.2) is 5.16 Å². The van der Waals surface area contributed by atoms with Crippen molar-refractivity contribution in [1.29, 1.82) is 0 Å². The number of nitrogens with one attached hydrogen (secondary N) is 1. The fourth-order valence-electron chi connectivity index (χ4n) is 1.46. The van der Waals surface area contributed by atoms with Crippen LogP contribution in [0.4, 0.5) is 0 Å². The molecule has 2 aromatic rings. The van der Waals surface area contributed by atoms with Crippen molar-refractivity contribution in [1.82, 2.24) is 15.3 Å². The van der Waals surface area contributed by atoms with Crippen molar-refractivity contribution >= 4 is 27.7 Å². The Morgan fingerprint density at radius 2 is 1.70 bits per heavy atom. The molecule has 1 N–H and O–H groups in total. The molecule has 0 aliphatic carbocycles. The highest BCUT2D eigenvalue weighted by Crippen LogP contribution is 2.25. The van der Waals surface area contributed by atoms with Crippen LogP contribution in [-0.4, -0.2) is 15.5 Å². The largest absolute Gasteiger partial charge is 0.308 e. The first-order valence-corrected chi connectivity index (χ1v) is 8.03. The molecular formula is C15H18BrN3S. The van der Waals surface area contributed by atoms with Gasteiger partial charge in [0.1, 0.15) is 0 Å². The van der Waals surface area contributed by atoms with E-state index in [1.165, 1.54) is 0 Å². The third-order valence-corrected chi connectivity index (χ3v) is 3.96. The van der Waals surface area contributed by atoms with Gasteiger partial charge in [0.25, 0.3) is 0 Å². The van der Waals surface area contributed by atoms with Gasteiger partial charge in [0.2, 0.25) is 0 Å². The van der Waals surface area contributed by atoms with Gasteiger partial charge in [-0.15, -0.1) is 0 Å². The number of halogens is 1. The van der Waals surface area contributed by atoms with E-state index >= 15 is 0 Å². The van der Waals surface area contributed by atoms with Crippen LogP contribution in [0.1, 0.15) is 26.3 Å². The molecule has 0 atom stereocenters. The lowest BCUT2D eigenvalue weighted by atomic mass is 10.1. The summed E-state index contributed by atoms with van der Waals surface area (Å²) < 4.78 is 1.08. The van der Waals surface area contributed by atoms with Crippen LogP contribution in [0.2, 0.25) is 0 Å². The molecule has 0 amide bonds. The molecule has 1 heterocycles. The second-order valence-corrected chi connectivity index (χ2v) is 7.49. The number of rotatable bonds is 4. The van der Waals surface area contributed by atoms with Crippen LogP contribution in [0.25, 0.3) is 0 Å². The SMILES string of the molecule is CC(C)(C)NCc1cnc(Sc2ccc(Br)cc2)nc1. The maximum absolute atomic E-state index is 4.40. The predicted molar refractivity (Wildman–Crippen MR) is 86.9 cm³/mol. The summed E-state index contributed by atoms with van der Waals surface area (Å²) in [4.78, 5) is 9.93. The fraction of sp³-hybridized carbons (Fsp3) is 0.333. The summed E-state index contributed by atoms with van der Waals surface area (Å²) >= 11 is 4.99. The zero-order valence-corrected chi connectivity index (χ0v) is 14.3. The predicted octanol–water partition coefficient (Wildman–Crippen LogP) is 4.28. The van der Waals surface area contributed by atoms with E-state index in [0.29, 0.717) is 0 Å². The summed E-state index contributed by atoms with van der Waals surface area (Å²) in [5.41, 5.74) is 1.20. The highest BCUT2D eigenvalue weighted by molar-refractivity contribution is 9.10. The van der Waals surface area contributed by atoms with Gasteiger partial charge >= 0.3 is 0 Å². The Morgan fingerprint density at radius 1 is 1.10 bits per heavy atom. The minimum absolute atomic E-state index is 0.102. The van der Waals surface area contributed by atoms with Crippen LogP contribution in [0.5, 0.6) is 0 Å². The van der Waals surface area contributed by atoms with Gasteiger partial charge in [-0.1, -0.05) is 15.9 Å². The first-order chi connectivity index (χ1) is 9.42. The summed E-state index contributed by atoms with van der Waals surface area (Å²) in [5.74, 6) is 0. The zero-order chi connectivity index (χ0) is 14.6. The van der Waals surface area contributed by atoms with Crippen LogP contribution in [0.15, 0.2) is 51.2 Å². The molecular weight excluding hydrogens is 334 g/mol. The monoisotopic (exact) mass is 351 g/mol. The molecule has 0 radical (unpaired) electrons. The number of benzene rings is 1. The Labute approximate surface area is 132 Å². The summed E-state index contributed by atoms with van der Waals surface area (Å²) in [7, 11) is 0. The van der Waals surface area contributed by atoms with Crippen molar-refractivity contribution in [2.45, 2.75) is 42.9 Å². The lowest BCUT2D eigenvalue weighted by Crippen LogP contribution is -2.35.